The molecular weight excluding hydrogens is 329 g/mol. The molecule has 2 aromatic rings. The lowest BCUT2D eigenvalue weighted by molar-refractivity contribution is -0.167. The Morgan fingerprint density at radius 2 is 2.05 bits per heavy atom. The van der Waals surface area contributed by atoms with Gasteiger partial charge in [-0.15, -0.1) is 5.10 Å². The first-order valence-corrected chi connectivity index (χ1v) is 5.90. The van der Waals surface area contributed by atoms with E-state index in [1.165, 1.54) is 23.6 Å². The van der Waals surface area contributed by atoms with E-state index in [1.807, 2.05) is 0 Å². The van der Waals surface area contributed by atoms with Crippen LogP contribution in [0.25, 0.3) is 5.82 Å². The van der Waals surface area contributed by atoms with E-state index in [0.29, 0.717) is 0 Å². The zero-order chi connectivity index (χ0) is 16.5. The Hall–Kier alpha value is -2.62. The number of alkyl halides is 3. The Labute approximate surface area is 125 Å². The van der Waals surface area contributed by atoms with Gasteiger partial charge in [-0.1, -0.05) is 11.6 Å². The second kappa shape index (κ2) is 5.64. The van der Waals surface area contributed by atoms with Crippen molar-refractivity contribution in [1.29, 1.82) is 0 Å². The lowest BCUT2D eigenvalue weighted by Crippen LogP contribution is -2.30. The van der Waals surface area contributed by atoms with Crippen LogP contribution in [0.15, 0.2) is 24.4 Å². The van der Waals surface area contributed by atoms with Gasteiger partial charge in [-0.3, -0.25) is 4.79 Å². The van der Waals surface area contributed by atoms with Crippen molar-refractivity contribution in [3.05, 3.63) is 35.1 Å². The highest BCUT2D eigenvalue weighted by atomic mass is 35.5. The summed E-state index contributed by atoms with van der Waals surface area (Å²) in [7, 11) is 0. The van der Waals surface area contributed by atoms with Crippen LogP contribution in [-0.4, -0.2) is 37.9 Å². The van der Waals surface area contributed by atoms with Crippen LogP contribution in [-0.2, 0) is 4.79 Å². The SMILES string of the molecule is O=C(O)c1cc(NC(=O)C(F)(F)F)nn1-c1ncccc1Cl. The number of anilines is 1. The fraction of sp³-hybridized carbons (Fsp3) is 0.0909. The maximum Gasteiger partial charge on any atom is 0.471 e. The van der Waals surface area contributed by atoms with Gasteiger partial charge in [0, 0.05) is 12.3 Å². The Morgan fingerprint density at radius 3 is 2.59 bits per heavy atom. The fourth-order valence-electron chi connectivity index (χ4n) is 1.48. The van der Waals surface area contributed by atoms with Crippen LogP contribution in [0.4, 0.5) is 19.0 Å². The molecule has 22 heavy (non-hydrogen) atoms. The molecule has 0 aliphatic carbocycles. The van der Waals surface area contributed by atoms with Crippen LogP contribution >= 0.6 is 11.6 Å². The molecule has 0 aliphatic rings. The average molecular weight is 335 g/mol. The Kier molecular flexibility index (Phi) is 4.04. The molecule has 1 amide bonds. The summed E-state index contributed by atoms with van der Waals surface area (Å²) in [4.78, 5) is 25.8. The lowest BCUT2D eigenvalue weighted by Gasteiger charge is -2.05. The normalized spacial score (nSPS) is 11.3. The maximum atomic E-state index is 12.2. The molecule has 0 aliphatic heterocycles. The first-order valence-electron chi connectivity index (χ1n) is 5.52. The van der Waals surface area contributed by atoms with Crippen molar-refractivity contribution in [2.75, 3.05) is 5.32 Å². The topological polar surface area (TPSA) is 97.1 Å². The quantitative estimate of drug-likeness (QED) is 0.896. The summed E-state index contributed by atoms with van der Waals surface area (Å²) >= 11 is 5.84. The lowest BCUT2D eigenvalue weighted by atomic mass is 10.4. The Balaban J connectivity index is 2.46. The van der Waals surface area contributed by atoms with Gasteiger partial charge in [-0.2, -0.15) is 13.2 Å². The van der Waals surface area contributed by atoms with Gasteiger partial charge in [0.25, 0.3) is 0 Å². The number of carbonyl (C=O) groups is 2. The van der Waals surface area contributed by atoms with E-state index in [9.17, 15) is 22.8 Å². The zero-order valence-electron chi connectivity index (χ0n) is 10.4. The zero-order valence-corrected chi connectivity index (χ0v) is 11.2. The molecule has 2 heterocycles. The standard InChI is InChI=1S/C11H6ClF3N4O3/c12-5-2-1-3-16-8(5)19-6(9(20)21)4-7(18-19)17-10(22)11(13,14)15/h1-4H,(H,20,21)(H,17,18,22). The highest BCUT2D eigenvalue weighted by Gasteiger charge is 2.39. The van der Waals surface area contributed by atoms with E-state index in [0.717, 1.165) is 10.7 Å². The monoisotopic (exact) mass is 334 g/mol. The molecule has 0 aromatic carbocycles. The Morgan fingerprint density at radius 1 is 1.36 bits per heavy atom. The van der Waals surface area contributed by atoms with E-state index in [-0.39, 0.29) is 10.8 Å². The van der Waals surface area contributed by atoms with Crippen LogP contribution in [0.5, 0.6) is 0 Å². The van der Waals surface area contributed by atoms with Crippen molar-refractivity contribution >= 4 is 29.3 Å². The molecule has 0 saturated heterocycles. The van der Waals surface area contributed by atoms with Gasteiger partial charge in [0.1, 0.15) is 0 Å². The smallest absolute Gasteiger partial charge is 0.471 e. The van der Waals surface area contributed by atoms with Gasteiger partial charge in [0.15, 0.2) is 17.3 Å². The van der Waals surface area contributed by atoms with Crippen molar-refractivity contribution in [2.45, 2.75) is 6.18 Å². The number of carbonyl (C=O) groups excluding carboxylic acids is 1. The van der Waals surface area contributed by atoms with Crippen molar-refractivity contribution < 1.29 is 27.9 Å². The first-order chi connectivity index (χ1) is 10.2. The van der Waals surface area contributed by atoms with Crippen LogP contribution < -0.4 is 5.32 Å². The summed E-state index contributed by atoms with van der Waals surface area (Å²) in [5.41, 5.74) is -0.516. The van der Waals surface area contributed by atoms with Gasteiger partial charge in [0.2, 0.25) is 0 Å². The molecular formula is C11H6ClF3N4O3. The number of hydrogen-bond donors (Lipinski definition) is 2. The molecule has 0 spiro atoms. The highest BCUT2D eigenvalue weighted by molar-refractivity contribution is 6.32. The second-order valence-corrected chi connectivity index (χ2v) is 4.30. The van der Waals surface area contributed by atoms with Crippen molar-refractivity contribution in [3.63, 3.8) is 0 Å². The minimum Gasteiger partial charge on any atom is -0.477 e. The van der Waals surface area contributed by atoms with E-state index in [4.69, 9.17) is 16.7 Å². The van der Waals surface area contributed by atoms with Crippen molar-refractivity contribution in [3.8, 4) is 5.82 Å². The Bertz CT molecular complexity index is 744. The molecule has 2 rings (SSSR count). The third-order valence-electron chi connectivity index (χ3n) is 2.37. The molecule has 0 fully saturated rings. The van der Waals surface area contributed by atoms with E-state index >= 15 is 0 Å². The van der Waals surface area contributed by atoms with Gasteiger partial charge in [-0.25, -0.2) is 14.5 Å². The van der Waals surface area contributed by atoms with Crippen LogP contribution in [0.1, 0.15) is 10.5 Å². The molecule has 116 valence electrons. The van der Waals surface area contributed by atoms with Crippen LogP contribution in [0.3, 0.4) is 0 Å². The van der Waals surface area contributed by atoms with Gasteiger partial charge in [0.05, 0.1) is 5.02 Å². The number of hydrogen-bond acceptors (Lipinski definition) is 4. The summed E-state index contributed by atoms with van der Waals surface area (Å²) in [5.74, 6) is -4.46. The average Bonchev–Trinajstić information content (AvgIpc) is 2.82. The highest BCUT2D eigenvalue weighted by Crippen LogP contribution is 2.22. The number of carboxylic acid groups (broad SMARTS) is 1. The predicted molar refractivity (Wildman–Crippen MR) is 68.0 cm³/mol. The summed E-state index contributed by atoms with van der Waals surface area (Å²) in [5, 5.41) is 14.1. The third-order valence-corrected chi connectivity index (χ3v) is 2.66. The molecule has 11 heteroatoms. The van der Waals surface area contributed by atoms with Gasteiger partial charge in [-0.05, 0) is 12.1 Å². The minimum atomic E-state index is -5.13. The molecule has 0 bridgehead atoms. The van der Waals surface area contributed by atoms with Crippen LogP contribution in [0.2, 0.25) is 5.02 Å². The summed E-state index contributed by atoms with van der Waals surface area (Å²) in [6.45, 7) is 0. The van der Waals surface area contributed by atoms with Gasteiger partial charge >= 0.3 is 18.1 Å². The summed E-state index contributed by atoms with van der Waals surface area (Å²) in [6, 6.07) is 3.63. The number of halogens is 4. The molecule has 0 unspecified atom stereocenters. The maximum absolute atomic E-state index is 12.2. The number of carboxylic acids is 1. The minimum absolute atomic E-state index is 0.0294. The summed E-state index contributed by atoms with van der Waals surface area (Å²) < 4.78 is 37.3. The second-order valence-electron chi connectivity index (χ2n) is 3.89. The largest absolute Gasteiger partial charge is 0.477 e. The first kappa shape index (κ1) is 15.8. The molecule has 0 atom stereocenters. The molecule has 2 N–H and O–H groups in total. The van der Waals surface area contributed by atoms with Crippen LogP contribution in [0, 0.1) is 0 Å². The molecule has 7 nitrogen and oxygen atoms in total. The summed E-state index contributed by atoms with van der Waals surface area (Å²) in [6.07, 6.45) is -3.84. The van der Waals surface area contributed by atoms with Gasteiger partial charge < -0.3 is 10.4 Å². The van der Waals surface area contributed by atoms with Crippen molar-refractivity contribution in [1.82, 2.24) is 14.8 Å². The van der Waals surface area contributed by atoms with E-state index < -0.39 is 29.6 Å². The molecule has 2 aromatic heterocycles. The molecule has 0 radical (unpaired) electrons. The third kappa shape index (κ3) is 3.17. The number of aromatic nitrogens is 3. The van der Waals surface area contributed by atoms with E-state index in [1.54, 1.807) is 0 Å². The fourth-order valence-corrected chi connectivity index (χ4v) is 1.68. The van der Waals surface area contributed by atoms with Crippen molar-refractivity contribution in [2.24, 2.45) is 0 Å². The number of aromatic carboxylic acids is 1. The number of rotatable bonds is 3. The number of amides is 1. The number of nitrogens with zero attached hydrogens (tertiary/aromatic N) is 3. The number of nitrogens with one attached hydrogen (secondary N) is 1. The van der Waals surface area contributed by atoms with E-state index in [2.05, 4.69) is 10.1 Å². The number of pyridine rings is 1. The predicted octanol–water partition coefficient (Wildman–Crippen LogP) is 2.12. The molecule has 0 saturated carbocycles.